The SMILES string of the molecule is Cc1ccc(C(=O)CN2c3nc(-c4ccncc4)cc(=O)n3CCC2(C)C)cc1. The summed E-state index contributed by atoms with van der Waals surface area (Å²) in [6, 6.07) is 12.8. The molecule has 3 heterocycles. The Morgan fingerprint density at radius 3 is 2.48 bits per heavy atom. The van der Waals surface area contributed by atoms with Gasteiger partial charge < -0.3 is 4.90 Å². The fourth-order valence-electron chi connectivity index (χ4n) is 3.63. The summed E-state index contributed by atoms with van der Waals surface area (Å²) < 4.78 is 1.67. The first-order valence-electron chi connectivity index (χ1n) is 9.75. The molecular weight excluding hydrogens is 364 g/mol. The number of ketones is 1. The zero-order chi connectivity index (χ0) is 20.6. The average molecular weight is 388 g/mol. The molecule has 1 aliphatic heterocycles. The number of anilines is 1. The van der Waals surface area contributed by atoms with E-state index >= 15 is 0 Å². The van der Waals surface area contributed by atoms with Gasteiger partial charge in [0.25, 0.3) is 5.56 Å². The molecule has 4 rings (SSSR count). The van der Waals surface area contributed by atoms with E-state index in [2.05, 4.69) is 18.8 Å². The largest absolute Gasteiger partial charge is 0.329 e. The molecular formula is C23H24N4O2. The summed E-state index contributed by atoms with van der Waals surface area (Å²) in [5.41, 5.74) is 2.79. The lowest BCUT2D eigenvalue weighted by Gasteiger charge is -2.44. The molecule has 29 heavy (non-hydrogen) atoms. The standard InChI is InChI=1S/C23H24N4O2/c1-16-4-6-18(7-5-16)20(28)15-27-22-25-19(17-8-11-24-12-9-17)14-21(29)26(22)13-10-23(27,2)3/h4-9,11-12,14H,10,13,15H2,1-3H3. The van der Waals surface area contributed by atoms with Gasteiger partial charge in [0.1, 0.15) is 0 Å². The van der Waals surface area contributed by atoms with Gasteiger partial charge >= 0.3 is 0 Å². The lowest BCUT2D eigenvalue weighted by Crippen LogP contribution is -2.53. The number of fused-ring (bicyclic) bond motifs is 1. The van der Waals surface area contributed by atoms with Crippen LogP contribution < -0.4 is 10.5 Å². The third kappa shape index (κ3) is 3.70. The molecule has 0 saturated heterocycles. The van der Waals surface area contributed by atoms with Gasteiger partial charge in [-0.05, 0) is 39.3 Å². The Morgan fingerprint density at radius 1 is 1.10 bits per heavy atom. The van der Waals surface area contributed by atoms with Crippen molar-refractivity contribution < 1.29 is 4.79 Å². The predicted octanol–water partition coefficient (Wildman–Crippen LogP) is 3.49. The van der Waals surface area contributed by atoms with Gasteiger partial charge in [-0.25, -0.2) is 4.98 Å². The maximum absolute atomic E-state index is 13.0. The number of aromatic nitrogens is 3. The molecule has 2 aromatic heterocycles. The molecule has 6 nitrogen and oxygen atoms in total. The highest BCUT2D eigenvalue weighted by Gasteiger charge is 2.36. The number of carbonyl (C=O) groups is 1. The van der Waals surface area contributed by atoms with Gasteiger partial charge in [-0.1, -0.05) is 29.8 Å². The van der Waals surface area contributed by atoms with Crippen molar-refractivity contribution in [3.63, 3.8) is 0 Å². The first kappa shape index (κ1) is 19.1. The van der Waals surface area contributed by atoms with Crippen molar-refractivity contribution in [3.8, 4) is 11.3 Å². The van der Waals surface area contributed by atoms with Crippen molar-refractivity contribution in [1.82, 2.24) is 14.5 Å². The number of aryl methyl sites for hydroxylation is 1. The molecule has 3 aromatic rings. The topological polar surface area (TPSA) is 68.1 Å². The van der Waals surface area contributed by atoms with Crippen LogP contribution in [0.15, 0.2) is 59.7 Å². The normalized spacial score (nSPS) is 15.1. The Bertz CT molecular complexity index is 1100. The van der Waals surface area contributed by atoms with Crippen LogP contribution >= 0.6 is 0 Å². The van der Waals surface area contributed by atoms with Crippen molar-refractivity contribution in [1.29, 1.82) is 0 Å². The minimum absolute atomic E-state index is 0.00934. The minimum atomic E-state index is -0.295. The van der Waals surface area contributed by atoms with E-state index in [4.69, 9.17) is 4.98 Å². The van der Waals surface area contributed by atoms with E-state index < -0.39 is 0 Å². The molecule has 0 radical (unpaired) electrons. The second-order valence-electron chi connectivity index (χ2n) is 8.10. The van der Waals surface area contributed by atoms with E-state index in [0.717, 1.165) is 17.5 Å². The first-order chi connectivity index (χ1) is 13.8. The van der Waals surface area contributed by atoms with Crippen LogP contribution in [0.2, 0.25) is 0 Å². The number of nitrogens with zero attached hydrogens (tertiary/aromatic N) is 4. The summed E-state index contributed by atoms with van der Waals surface area (Å²) in [5, 5.41) is 0. The van der Waals surface area contributed by atoms with Crippen LogP contribution in [-0.4, -0.2) is 32.4 Å². The van der Waals surface area contributed by atoms with Crippen molar-refractivity contribution in [2.24, 2.45) is 0 Å². The average Bonchev–Trinajstić information content (AvgIpc) is 2.71. The quantitative estimate of drug-likeness (QED) is 0.640. The number of Topliss-reactive ketones (excluding diaryl/α,β-unsaturated/α-hetero) is 1. The Labute approximate surface area is 169 Å². The van der Waals surface area contributed by atoms with Gasteiger partial charge in [0.05, 0.1) is 12.2 Å². The number of hydrogen-bond acceptors (Lipinski definition) is 5. The van der Waals surface area contributed by atoms with Crippen LogP contribution in [0.3, 0.4) is 0 Å². The smallest absolute Gasteiger partial charge is 0.255 e. The van der Waals surface area contributed by atoms with Crippen LogP contribution in [0, 0.1) is 6.92 Å². The lowest BCUT2D eigenvalue weighted by atomic mass is 9.95. The molecule has 0 unspecified atom stereocenters. The van der Waals surface area contributed by atoms with Gasteiger partial charge in [-0.3, -0.25) is 19.1 Å². The van der Waals surface area contributed by atoms with Crippen LogP contribution in [0.4, 0.5) is 5.95 Å². The molecule has 0 saturated carbocycles. The third-order valence-corrected chi connectivity index (χ3v) is 5.56. The van der Waals surface area contributed by atoms with Crippen molar-refractivity contribution in [2.75, 3.05) is 11.4 Å². The predicted molar refractivity (Wildman–Crippen MR) is 113 cm³/mol. The minimum Gasteiger partial charge on any atom is -0.329 e. The second-order valence-corrected chi connectivity index (χ2v) is 8.10. The zero-order valence-corrected chi connectivity index (χ0v) is 16.9. The number of pyridine rings is 1. The Kier molecular flexibility index (Phi) is 4.78. The Balaban J connectivity index is 1.76. The van der Waals surface area contributed by atoms with Crippen molar-refractivity contribution in [3.05, 3.63) is 76.3 Å². The summed E-state index contributed by atoms with van der Waals surface area (Å²) in [4.78, 5) is 36.6. The molecule has 6 heteroatoms. The summed E-state index contributed by atoms with van der Waals surface area (Å²) >= 11 is 0. The number of hydrogen-bond donors (Lipinski definition) is 0. The maximum Gasteiger partial charge on any atom is 0.255 e. The van der Waals surface area contributed by atoms with E-state index in [1.165, 1.54) is 0 Å². The highest BCUT2D eigenvalue weighted by atomic mass is 16.1. The summed E-state index contributed by atoms with van der Waals surface area (Å²) in [6.45, 7) is 6.92. The molecule has 0 spiro atoms. The van der Waals surface area contributed by atoms with Crippen LogP contribution in [0.1, 0.15) is 36.2 Å². The van der Waals surface area contributed by atoms with E-state index in [1.54, 1.807) is 23.0 Å². The third-order valence-electron chi connectivity index (χ3n) is 5.56. The molecule has 1 aromatic carbocycles. The second kappa shape index (κ2) is 7.28. The first-order valence-corrected chi connectivity index (χ1v) is 9.75. The number of benzene rings is 1. The van der Waals surface area contributed by atoms with Crippen LogP contribution in [0.25, 0.3) is 11.3 Å². The monoisotopic (exact) mass is 388 g/mol. The van der Waals surface area contributed by atoms with Gasteiger partial charge in [0.15, 0.2) is 5.78 Å². The Morgan fingerprint density at radius 2 is 1.79 bits per heavy atom. The van der Waals surface area contributed by atoms with E-state index in [0.29, 0.717) is 23.8 Å². The van der Waals surface area contributed by atoms with E-state index in [1.807, 2.05) is 48.2 Å². The summed E-state index contributed by atoms with van der Waals surface area (Å²) in [7, 11) is 0. The molecule has 148 valence electrons. The summed E-state index contributed by atoms with van der Waals surface area (Å²) in [5.74, 6) is 0.552. The molecule has 1 aliphatic rings. The van der Waals surface area contributed by atoms with Crippen LogP contribution in [-0.2, 0) is 6.54 Å². The molecule has 0 amide bonds. The van der Waals surface area contributed by atoms with Crippen LogP contribution in [0.5, 0.6) is 0 Å². The fraction of sp³-hybridized carbons (Fsp3) is 0.304. The van der Waals surface area contributed by atoms with E-state index in [-0.39, 0.29) is 23.4 Å². The zero-order valence-electron chi connectivity index (χ0n) is 16.9. The molecule has 0 aliphatic carbocycles. The van der Waals surface area contributed by atoms with Crippen molar-refractivity contribution in [2.45, 2.75) is 39.3 Å². The highest BCUT2D eigenvalue weighted by Crippen LogP contribution is 2.31. The Hall–Kier alpha value is -3.28. The molecule has 0 N–H and O–H groups in total. The molecule has 0 bridgehead atoms. The fourth-order valence-corrected chi connectivity index (χ4v) is 3.63. The molecule has 0 fully saturated rings. The van der Waals surface area contributed by atoms with Gasteiger partial charge in [0, 0.05) is 41.7 Å². The number of carbonyl (C=O) groups excluding carboxylic acids is 1. The summed E-state index contributed by atoms with van der Waals surface area (Å²) in [6.07, 6.45) is 4.12. The van der Waals surface area contributed by atoms with Gasteiger partial charge in [0.2, 0.25) is 5.95 Å². The number of rotatable bonds is 4. The maximum atomic E-state index is 13.0. The molecule has 0 atom stereocenters. The van der Waals surface area contributed by atoms with Gasteiger partial charge in [-0.15, -0.1) is 0 Å². The lowest BCUT2D eigenvalue weighted by molar-refractivity contribution is 0.0989. The van der Waals surface area contributed by atoms with Gasteiger partial charge in [-0.2, -0.15) is 0 Å². The van der Waals surface area contributed by atoms with E-state index in [9.17, 15) is 9.59 Å². The highest BCUT2D eigenvalue weighted by molar-refractivity contribution is 5.99. The van der Waals surface area contributed by atoms with Crippen molar-refractivity contribution >= 4 is 11.7 Å².